The van der Waals surface area contributed by atoms with Gasteiger partial charge in [-0.3, -0.25) is 14.2 Å². The van der Waals surface area contributed by atoms with Crippen molar-refractivity contribution >= 4 is 23.5 Å². The normalized spacial score (nSPS) is 14.7. The molecule has 3 aromatic heterocycles. The molecule has 1 aliphatic rings. The molecule has 2 N–H and O–H groups in total. The molecule has 3 aromatic rings. The number of hydrogen-bond donors (Lipinski definition) is 2. The predicted molar refractivity (Wildman–Crippen MR) is 117 cm³/mol. The highest BCUT2D eigenvalue weighted by molar-refractivity contribution is 5.81. The maximum atomic E-state index is 12.6. The third-order valence-electron chi connectivity index (χ3n) is 5.12. The first-order chi connectivity index (χ1) is 15.2. The van der Waals surface area contributed by atoms with Crippen molar-refractivity contribution in [2.75, 3.05) is 44.7 Å². The Balaban J connectivity index is 1.19. The average Bonchev–Trinajstić information content (AvgIpc) is 3.25. The van der Waals surface area contributed by atoms with Crippen LogP contribution in [0.2, 0.25) is 0 Å². The van der Waals surface area contributed by atoms with Crippen molar-refractivity contribution in [2.24, 2.45) is 4.99 Å². The van der Waals surface area contributed by atoms with Gasteiger partial charge in [-0.05, 0) is 18.2 Å². The summed E-state index contributed by atoms with van der Waals surface area (Å²) in [6.07, 6.45) is 5.79. The van der Waals surface area contributed by atoms with Gasteiger partial charge in [0, 0.05) is 64.8 Å². The molecule has 0 aliphatic carbocycles. The van der Waals surface area contributed by atoms with E-state index in [0.717, 1.165) is 24.6 Å². The summed E-state index contributed by atoms with van der Waals surface area (Å²) >= 11 is 0. The number of guanidine groups is 1. The van der Waals surface area contributed by atoms with E-state index < -0.39 is 0 Å². The Kier molecular flexibility index (Phi) is 6.50. The molecule has 0 aromatic carbocycles. The lowest BCUT2D eigenvalue weighted by Gasteiger charge is -2.34. The number of amides is 1. The van der Waals surface area contributed by atoms with Gasteiger partial charge in [0.2, 0.25) is 11.9 Å². The van der Waals surface area contributed by atoms with E-state index in [1.54, 1.807) is 25.5 Å². The van der Waals surface area contributed by atoms with Gasteiger partial charge in [-0.2, -0.15) is 0 Å². The molecule has 1 amide bonds. The fourth-order valence-corrected chi connectivity index (χ4v) is 3.45. The van der Waals surface area contributed by atoms with E-state index in [0.29, 0.717) is 44.5 Å². The summed E-state index contributed by atoms with van der Waals surface area (Å²) in [5.41, 5.74) is 0.798. The first-order valence-electron chi connectivity index (χ1n) is 10.3. The molecule has 1 fully saturated rings. The first kappa shape index (κ1) is 20.5. The van der Waals surface area contributed by atoms with Crippen molar-refractivity contribution in [1.29, 1.82) is 0 Å². The van der Waals surface area contributed by atoms with Crippen molar-refractivity contribution in [2.45, 2.75) is 13.0 Å². The fourth-order valence-electron chi connectivity index (χ4n) is 3.45. The predicted octanol–water partition coefficient (Wildman–Crippen LogP) is -0.0768. The summed E-state index contributed by atoms with van der Waals surface area (Å²) < 4.78 is 1.92. The third kappa shape index (κ3) is 5.05. The largest absolute Gasteiger partial charge is 0.356 e. The number of nitrogens with one attached hydrogen (secondary N) is 2. The molecule has 0 unspecified atom stereocenters. The second-order valence-electron chi connectivity index (χ2n) is 7.06. The second kappa shape index (κ2) is 9.83. The maximum Gasteiger partial charge on any atom is 0.225 e. The van der Waals surface area contributed by atoms with Gasteiger partial charge in [0.25, 0.3) is 0 Å². The Morgan fingerprint density at radius 1 is 1.06 bits per heavy atom. The third-order valence-corrected chi connectivity index (χ3v) is 5.12. The van der Waals surface area contributed by atoms with Gasteiger partial charge in [-0.1, -0.05) is 6.07 Å². The van der Waals surface area contributed by atoms with Crippen LogP contribution in [0.15, 0.2) is 47.8 Å². The zero-order chi connectivity index (χ0) is 21.5. The summed E-state index contributed by atoms with van der Waals surface area (Å²) in [6, 6.07) is 7.56. The lowest BCUT2D eigenvalue weighted by Crippen LogP contribution is -2.50. The minimum absolute atomic E-state index is 0.125. The molecule has 0 bridgehead atoms. The quantitative estimate of drug-likeness (QED) is 0.419. The van der Waals surface area contributed by atoms with Crippen LogP contribution in [0.3, 0.4) is 0 Å². The monoisotopic (exact) mass is 422 g/mol. The van der Waals surface area contributed by atoms with Crippen LogP contribution in [-0.2, 0) is 11.3 Å². The lowest BCUT2D eigenvalue weighted by atomic mass is 10.3. The number of carbonyl (C=O) groups excluding carboxylic acids is 1. The molecule has 1 aliphatic heterocycles. The van der Waals surface area contributed by atoms with Gasteiger partial charge < -0.3 is 20.4 Å². The van der Waals surface area contributed by atoms with Crippen LogP contribution in [-0.4, -0.2) is 81.1 Å². The van der Waals surface area contributed by atoms with E-state index in [2.05, 4.69) is 40.7 Å². The topological polar surface area (TPSA) is 116 Å². The van der Waals surface area contributed by atoms with Crippen LogP contribution < -0.4 is 15.5 Å². The summed E-state index contributed by atoms with van der Waals surface area (Å²) in [5.74, 6) is 2.24. The molecule has 4 rings (SSSR count). The lowest BCUT2D eigenvalue weighted by molar-refractivity contribution is -0.131. The number of rotatable bonds is 6. The van der Waals surface area contributed by atoms with E-state index in [1.807, 2.05) is 33.7 Å². The summed E-state index contributed by atoms with van der Waals surface area (Å²) in [4.78, 5) is 29.3. The van der Waals surface area contributed by atoms with Crippen LogP contribution in [0.5, 0.6) is 0 Å². The summed E-state index contributed by atoms with van der Waals surface area (Å²) in [5, 5.41) is 14.7. The molecular formula is C20H26N10O. The number of hydrogen-bond acceptors (Lipinski definition) is 7. The van der Waals surface area contributed by atoms with Crippen LogP contribution in [0.1, 0.15) is 12.2 Å². The van der Waals surface area contributed by atoms with Crippen molar-refractivity contribution < 1.29 is 4.79 Å². The number of nitrogens with zero attached hydrogens (tertiary/aromatic N) is 8. The number of aliphatic imine (C=N–C) groups is 1. The standard InChI is InChI=1S/C20H26N10O/c1-21-19(25-15-17-27-26-16-5-2-3-10-30(16)17)22-9-6-18(31)28-11-13-29(14-12-28)20-23-7-4-8-24-20/h2-5,7-8,10H,6,9,11-15H2,1H3,(H2,21,22,25). The summed E-state index contributed by atoms with van der Waals surface area (Å²) in [6.45, 7) is 3.79. The number of pyridine rings is 1. The molecule has 1 saturated heterocycles. The van der Waals surface area contributed by atoms with Crippen LogP contribution >= 0.6 is 0 Å². The van der Waals surface area contributed by atoms with Crippen molar-refractivity contribution in [1.82, 2.24) is 40.1 Å². The van der Waals surface area contributed by atoms with E-state index in [4.69, 9.17) is 0 Å². The van der Waals surface area contributed by atoms with Crippen molar-refractivity contribution in [3.63, 3.8) is 0 Å². The molecule has 0 spiro atoms. The Bertz CT molecular complexity index is 1030. The molecule has 4 heterocycles. The molecular weight excluding hydrogens is 396 g/mol. The van der Waals surface area contributed by atoms with Crippen LogP contribution in [0, 0.1) is 0 Å². The van der Waals surface area contributed by atoms with E-state index in [1.165, 1.54) is 0 Å². The molecule has 11 nitrogen and oxygen atoms in total. The number of aromatic nitrogens is 5. The van der Waals surface area contributed by atoms with Gasteiger partial charge in [-0.15, -0.1) is 10.2 Å². The fraction of sp³-hybridized carbons (Fsp3) is 0.400. The van der Waals surface area contributed by atoms with Gasteiger partial charge in [0.15, 0.2) is 17.4 Å². The molecule has 11 heteroatoms. The van der Waals surface area contributed by atoms with E-state index >= 15 is 0 Å². The highest BCUT2D eigenvalue weighted by atomic mass is 16.2. The number of piperazine rings is 1. The van der Waals surface area contributed by atoms with Gasteiger partial charge in [0.1, 0.15) is 0 Å². The molecule has 0 radical (unpaired) electrons. The molecule has 0 saturated carbocycles. The highest BCUT2D eigenvalue weighted by Crippen LogP contribution is 2.10. The Hall–Kier alpha value is -3.76. The SMILES string of the molecule is CN=C(NCCC(=O)N1CCN(c2ncccn2)CC1)NCc1nnc2ccccn12. The van der Waals surface area contributed by atoms with E-state index in [9.17, 15) is 4.79 Å². The molecule has 31 heavy (non-hydrogen) atoms. The number of carbonyl (C=O) groups is 1. The second-order valence-corrected chi connectivity index (χ2v) is 7.06. The Morgan fingerprint density at radius 3 is 2.65 bits per heavy atom. The Morgan fingerprint density at radius 2 is 1.87 bits per heavy atom. The maximum absolute atomic E-state index is 12.6. The van der Waals surface area contributed by atoms with E-state index in [-0.39, 0.29) is 5.91 Å². The number of fused-ring (bicyclic) bond motifs is 1. The Labute approximate surface area is 180 Å². The zero-order valence-electron chi connectivity index (χ0n) is 17.5. The average molecular weight is 422 g/mol. The minimum Gasteiger partial charge on any atom is -0.356 e. The van der Waals surface area contributed by atoms with Crippen LogP contribution in [0.25, 0.3) is 5.65 Å². The van der Waals surface area contributed by atoms with Gasteiger partial charge in [-0.25, -0.2) is 9.97 Å². The highest BCUT2D eigenvalue weighted by Gasteiger charge is 2.22. The minimum atomic E-state index is 0.125. The van der Waals surface area contributed by atoms with Gasteiger partial charge in [0.05, 0.1) is 6.54 Å². The number of anilines is 1. The van der Waals surface area contributed by atoms with Gasteiger partial charge >= 0.3 is 0 Å². The summed E-state index contributed by atoms with van der Waals surface area (Å²) in [7, 11) is 1.70. The van der Waals surface area contributed by atoms with Crippen LogP contribution in [0.4, 0.5) is 5.95 Å². The zero-order valence-corrected chi connectivity index (χ0v) is 17.5. The van der Waals surface area contributed by atoms with Crippen molar-refractivity contribution in [3.8, 4) is 0 Å². The molecule has 0 atom stereocenters. The molecule has 162 valence electrons. The van der Waals surface area contributed by atoms with Crippen molar-refractivity contribution in [3.05, 3.63) is 48.7 Å². The first-order valence-corrected chi connectivity index (χ1v) is 10.3. The smallest absolute Gasteiger partial charge is 0.225 e.